The second kappa shape index (κ2) is 8.83. The normalized spacial score (nSPS) is 16.0. The summed E-state index contributed by atoms with van der Waals surface area (Å²) in [5.74, 6) is -0.759. The molecule has 0 atom stereocenters. The van der Waals surface area contributed by atoms with Gasteiger partial charge in [-0.05, 0) is 31.0 Å². The average Bonchev–Trinajstić information content (AvgIpc) is 2.91. The van der Waals surface area contributed by atoms with Crippen LogP contribution in [0.3, 0.4) is 0 Å². The van der Waals surface area contributed by atoms with E-state index in [1.54, 1.807) is 0 Å². The first-order valence-electron chi connectivity index (χ1n) is 8.53. The lowest BCUT2D eigenvalue weighted by molar-refractivity contribution is -0.121. The van der Waals surface area contributed by atoms with Gasteiger partial charge in [-0.3, -0.25) is 9.59 Å². The first-order chi connectivity index (χ1) is 12.3. The molecule has 1 aliphatic rings. The van der Waals surface area contributed by atoms with E-state index in [2.05, 4.69) is 5.32 Å². The van der Waals surface area contributed by atoms with Crippen molar-refractivity contribution in [1.82, 2.24) is 14.5 Å². The summed E-state index contributed by atoms with van der Waals surface area (Å²) in [6, 6.07) is 4.17. The molecule has 2 rings (SSSR count). The smallest absolute Gasteiger partial charge is 0.254 e. The molecule has 1 saturated heterocycles. The zero-order valence-electron chi connectivity index (χ0n) is 15.0. The summed E-state index contributed by atoms with van der Waals surface area (Å²) >= 11 is 6.14. The minimum absolute atomic E-state index is 0.0692. The monoisotopic (exact) mass is 401 g/mol. The summed E-state index contributed by atoms with van der Waals surface area (Å²) in [5, 5.41) is 2.52. The van der Waals surface area contributed by atoms with Crippen molar-refractivity contribution in [3.63, 3.8) is 0 Å². The molecule has 0 bridgehead atoms. The van der Waals surface area contributed by atoms with Crippen molar-refractivity contribution < 1.29 is 18.0 Å². The number of sulfonamides is 1. The molecular weight excluding hydrogens is 378 g/mol. The van der Waals surface area contributed by atoms with Crippen LogP contribution in [-0.2, 0) is 14.8 Å². The van der Waals surface area contributed by atoms with Gasteiger partial charge in [-0.2, -0.15) is 4.31 Å². The summed E-state index contributed by atoms with van der Waals surface area (Å²) in [5.41, 5.74) is 0.175. The van der Waals surface area contributed by atoms with Crippen LogP contribution < -0.4 is 5.32 Å². The lowest BCUT2D eigenvalue weighted by Crippen LogP contribution is -2.37. The number of nitrogens with one attached hydrogen (secondary N) is 1. The maximum atomic E-state index is 13.0. The lowest BCUT2D eigenvalue weighted by atomic mass is 10.2. The van der Waals surface area contributed by atoms with E-state index < -0.39 is 15.9 Å². The van der Waals surface area contributed by atoms with Gasteiger partial charge in [0.05, 0.1) is 11.6 Å². The second-order valence-corrected chi connectivity index (χ2v) is 8.61. The van der Waals surface area contributed by atoms with E-state index in [4.69, 9.17) is 11.6 Å². The standard InChI is InChI=1S/C17H24ClN3O4S/c1-19-16(22)12-20(2)17(23)13-7-8-14(18)15(11-13)26(24,25)21-9-5-3-4-6-10-21/h7-8,11H,3-6,9-10,12H2,1-2H3,(H,19,22). The van der Waals surface area contributed by atoms with Crippen molar-refractivity contribution in [3.8, 4) is 0 Å². The topological polar surface area (TPSA) is 86.8 Å². The largest absolute Gasteiger partial charge is 0.358 e. The fraction of sp³-hybridized carbons (Fsp3) is 0.529. The third-order valence-corrected chi connectivity index (χ3v) is 6.75. The SMILES string of the molecule is CNC(=O)CN(C)C(=O)c1ccc(Cl)c(S(=O)(=O)N2CCCCCC2)c1. The Kier molecular flexibility index (Phi) is 7.02. The highest BCUT2D eigenvalue weighted by Crippen LogP contribution is 2.28. The van der Waals surface area contributed by atoms with Crippen molar-refractivity contribution in [2.24, 2.45) is 0 Å². The van der Waals surface area contributed by atoms with Crippen molar-refractivity contribution >= 4 is 33.4 Å². The van der Waals surface area contributed by atoms with Crippen LogP contribution in [0.2, 0.25) is 5.02 Å². The third-order valence-electron chi connectivity index (χ3n) is 4.37. The first kappa shape index (κ1) is 20.7. The third kappa shape index (κ3) is 4.75. The van der Waals surface area contributed by atoms with Crippen LogP contribution in [0.4, 0.5) is 0 Å². The molecule has 1 heterocycles. The maximum absolute atomic E-state index is 13.0. The number of hydrogen-bond acceptors (Lipinski definition) is 4. The predicted molar refractivity (Wildman–Crippen MR) is 99.7 cm³/mol. The highest BCUT2D eigenvalue weighted by atomic mass is 35.5. The summed E-state index contributed by atoms with van der Waals surface area (Å²) < 4.78 is 27.4. The molecule has 7 nitrogen and oxygen atoms in total. The molecule has 0 spiro atoms. The molecule has 9 heteroatoms. The Morgan fingerprint density at radius 2 is 1.81 bits per heavy atom. The fourth-order valence-electron chi connectivity index (χ4n) is 2.84. The van der Waals surface area contributed by atoms with E-state index >= 15 is 0 Å². The summed E-state index contributed by atoms with van der Waals surface area (Å²) in [7, 11) is -0.812. The van der Waals surface area contributed by atoms with Crippen molar-refractivity contribution in [1.29, 1.82) is 0 Å². The molecule has 0 unspecified atom stereocenters. The van der Waals surface area contributed by atoms with Crippen LogP contribution in [0.5, 0.6) is 0 Å². The van der Waals surface area contributed by atoms with Gasteiger partial charge in [0.25, 0.3) is 5.91 Å². The van der Waals surface area contributed by atoms with E-state index in [1.807, 2.05) is 0 Å². The molecule has 0 aliphatic carbocycles. The lowest BCUT2D eigenvalue weighted by Gasteiger charge is -2.21. The van der Waals surface area contributed by atoms with Crippen molar-refractivity contribution in [3.05, 3.63) is 28.8 Å². The Hall–Kier alpha value is -1.64. The van der Waals surface area contributed by atoms with Crippen LogP contribution in [0.15, 0.2) is 23.1 Å². The molecule has 1 aromatic rings. The predicted octanol–water partition coefficient (Wildman–Crippen LogP) is 1.72. The van der Waals surface area contributed by atoms with Crippen LogP contribution in [-0.4, -0.2) is 63.2 Å². The number of rotatable bonds is 5. The molecule has 0 aromatic heterocycles. The van der Waals surface area contributed by atoms with Gasteiger partial charge in [0, 0.05) is 32.7 Å². The van der Waals surface area contributed by atoms with Gasteiger partial charge in [-0.25, -0.2) is 8.42 Å². The van der Waals surface area contributed by atoms with Crippen LogP contribution in [0, 0.1) is 0 Å². The summed E-state index contributed by atoms with van der Waals surface area (Å²) in [4.78, 5) is 25.1. The molecule has 0 saturated carbocycles. The number of hydrogen-bond donors (Lipinski definition) is 1. The Labute approximate surface area is 159 Å². The molecule has 26 heavy (non-hydrogen) atoms. The first-order valence-corrected chi connectivity index (χ1v) is 10.3. The number of amides is 2. The molecule has 144 valence electrons. The number of carbonyl (C=O) groups excluding carboxylic acids is 2. The Morgan fingerprint density at radius 1 is 1.19 bits per heavy atom. The van der Waals surface area contributed by atoms with Crippen LogP contribution >= 0.6 is 11.6 Å². The van der Waals surface area contributed by atoms with Crippen molar-refractivity contribution in [2.75, 3.05) is 33.7 Å². The highest BCUT2D eigenvalue weighted by Gasteiger charge is 2.28. The zero-order chi connectivity index (χ0) is 19.3. The summed E-state index contributed by atoms with van der Waals surface area (Å²) in [6.45, 7) is 0.785. The Balaban J connectivity index is 2.31. The Bertz CT molecular complexity index is 774. The van der Waals surface area contributed by atoms with E-state index in [0.29, 0.717) is 13.1 Å². The van der Waals surface area contributed by atoms with E-state index in [1.165, 1.54) is 41.5 Å². The highest BCUT2D eigenvalue weighted by molar-refractivity contribution is 7.89. The number of likely N-dealkylation sites (N-methyl/N-ethyl adjacent to an activating group) is 2. The van der Waals surface area contributed by atoms with E-state index in [0.717, 1.165) is 25.7 Å². The molecule has 2 amide bonds. The van der Waals surface area contributed by atoms with Gasteiger partial charge in [-0.1, -0.05) is 24.4 Å². The minimum atomic E-state index is -3.77. The fourth-order valence-corrected chi connectivity index (χ4v) is 4.86. The van der Waals surface area contributed by atoms with Crippen molar-refractivity contribution in [2.45, 2.75) is 30.6 Å². The van der Waals surface area contributed by atoms with Gasteiger partial charge in [-0.15, -0.1) is 0 Å². The molecule has 1 N–H and O–H groups in total. The number of halogens is 1. The van der Waals surface area contributed by atoms with Crippen LogP contribution in [0.1, 0.15) is 36.0 Å². The molecular formula is C17H24ClN3O4S. The average molecular weight is 402 g/mol. The number of nitrogens with zero attached hydrogens (tertiary/aromatic N) is 2. The zero-order valence-corrected chi connectivity index (χ0v) is 16.6. The quantitative estimate of drug-likeness (QED) is 0.813. The van der Waals surface area contributed by atoms with Gasteiger partial charge >= 0.3 is 0 Å². The van der Waals surface area contributed by atoms with Gasteiger partial charge < -0.3 is 10.2 Å². The molecule has 1 aromatic carbocycles. The maximum Gasteiger partial charge on any atom is 0.254 e. The molecule has 1 aliphatic heterocycles. The number of benzene rings is 1. The Morgan fingerprint density at radius 3 is 2.38 bits per heavy atom. The van der Waals surface area contributed by atoms with E-state index in [-0.39, 0.29) is 27.9 Å². The van der Waals surface area contributed by atoms with Gasteiger partial charge in [0.2, 0.25) is 15.9 Å². The molecule has 0 radical (unpaired) electrons. The molecule has 1 fully saturated rings. The van der Waals surface area contributed by atoms with Crippen LogP contribution in [0.25, 0.3) is 0 Å². The van der Waals surface area contributed by atoms with Gasteiger partial charge in [0.15, 0.2) is 0 Å². The second-order valence-electron chi connectivity index (χ2n) is 6.30. The van der Waals surface area contributed by atoms with E-state index in [9.17, 15) is 18.0 Å². The van der Waals surface area contributed by atoms with Gasteiger partial charge in [0.1, 0.15) is 4.90 Å². The summed E-state index contributed by atoms with van der Waals surface area (Å²) in [6.07, 6.45) is 3.62. The minimum Gasteiger partial charge on any atom is -0.358 e. The number of carbonyl (C=O) groups is 2.